The summed E-state index contributed by atoms with van der Waals surface area (Å²) < 4.78 is 2.04. The van der Waals surface area contributed by atoms with Gasteiger partial charge in [0.15, 0.2) is 5.13 Å². The molecule has 0 aliphatic heterocycles. The molecule has 176 valence electrons. The van der Waals surface area contributed by atoms with Crippen LogP contribution in [0.15, 0.2) is 78.4 Å². The van der Waals surface area contributed by atoms with Gasteiger partial charge in [0.05, 0.1) is 32.5 Å². The van der Waals surface area contributed by atoms with Gasteiger partial charge in [0, 0.05) is 27.2 Å². The number of thiazole rings is 1. The SMILES string of the molecule is O=C(O)Cc1ccc(-c2csc3c(-c4ccc(Nc5nc6ccc(Cl)cc6s5)cc4)ncnc23)cc1. The molecular weight excluding hydrogens is 512 g/mol. The molecule has 6 aromatic rings. The van der Waals surface area contributed by atoms with Gasteiger partial charge in [0.2, 0.25) is 0 Å². The van der Waals surface area contributed by atoms with Crippen LogP contribution in [0.2, 0.25) is 5.02 Å². The zero-order chi connectivity index (χ0) is 24.6. The normalized spacial score (nSPS) is 11.2. The number of anilines is 2. The number of halogens is 1. The number of thiophene rings is 1. The largest absolute Gasteiger partial charge is 0.481 e. The minimum Gasteiger partial charge on any atom is -0.481 e. The number of carboxylic acid groups (broad SMARTS) is 1. The van der Waals surface area contributed by atoms with Gasteiger partial charge in [-0.3, -0.25) is 4.79 Å². The number of benzene rings is 3. The third kappa shape index (κ3) is 4.42. The van der Waals surface area contributed by atoms with Gasteiger partial charge in [-0.1, -0.05) is 59.3 Å². The van der Waals surface area contributed by atoms with Gasteiger partial charge >= 0.3 is 5.97 Å². The van der Waals surface area contributed by atoms with Crippen molar-refractivity contribution in [3.63, 3.8) is 0 Å². The molecule has 0 radical (unpaired) electrons. The van der Waals surface area contributed by atoms with E-state index in [1.54, 1.807) is 29.0 Å². The number of fused-ring (bicyclic) bond motifs is 2. The zero-order valence-electron chi connectivity index (χ0n) is 18.6. The van der Waals surface area contributed by atoms with Crippen LogP contribution < -0.4 is 5.32 Å². The van der Waals surface area contributed by atoms with E-state index in [0.29, 0.717) is 5.02 Å². The number of hydrogen-bond acceptors (Lipinski definition) is 7. The van der Waals surface area contributed by atoms with Crippen molar-refractivity contribution in [2.24, 2.45) is 0 Å². The van der Waals surface area contributed by atoms with E-state index in [1.807, 2.05) is 66.7 Å². The molecule has 2 N–H and O–H groups in total. The van der Waals surface area contributed by atoms with Crippen molar-refractivity contribution in [1.29, 1.82) is 0 Å². The summed E-state index contributed by atoms with van der Waals surface area (Å²) in [5.74, 6) is -0.840. The van der Waals surface area contributed by atoms with Crippen LogP contribution in [0.4, 0.5) is 10.8 Å². The highest BCUT2D eigenvalue weighted by atomic mass is 35.5. The number of carboxylic acids is 1. The van der Waals surface area contributed by atoms with Crippen molar-refractivity contribution in [3.8, 4) is 22.4 Å². The molecular formula is C27H17ClN4O2S2. The molecule has 0 atom stereocenters. The van der Waals surface area contributed by atoms with E-state index in [1.165, 1.54) is 0 Å². The molecule has 6 rings (SSSR count). The average molecular weight is 529 g/mol. The number of aromatic nitrogens is 3. The maximum absolute atomic E-state index is 11.0. The average Bonchev–Trinajstić information content (AvgIpc) is 3.48. The van der Waals surface area contributed by atoms with Crippen molar-refractivity contribution in [2.75, 3.05) is 5.32 Å². The van der Waals surface area contributed by atoms with Crippen molar-refractivity contribution < 1.29 is 9.90 Å². The molecule has 3 aromatic carbocycles. The summed E-state index contributed by atoms with van der Waals surface area (Å²) in [6.07, 6.45) is 1.60. The molecule has 36 heavy (non-hydrogen) atoms. The van der Waals surface area contributed by atoms with Crippen LogP contribution in [0, 0.1) is 0 Å². The summed E-state index contributed by atoms with van der Waals surface area (Å²) in [7, 11) is 0. The van der Waals surface area contributed by atoms with E-state index in [0.717, 1.165) is 59.2 Å². The molecule has 0 spiro atoms. The van der Waals surface area contributed by atoms with Crippen molar-refractivity contribution in [2.45, 2.75) is 6.42 Å². The predicted octanol–water partition coefficient (Wildman–Crippen LogP) is 7.66. The molecule has 0 saturated heterocycles. The van der Waals surface area contributed by atoms with Crippen LogP contribution in [0.3, 0.4) is 0 Å². The highest BCUT2D eigenvalue weighted by Gasteiger charge is 2.14. The molecule has 0 amide bonds. The van der Waals surface area contributed by atoms with Crippen LogP contribution in [0.5, 0.6) is 0 Å². The lowest BCUT2D eigenvalue weighted by Crippen LogP contribution is -1.99. The molecule has 3 aromatic heterocycles. The minimum absolute atomic E-state index is 0.00908. The van der Waals surface area contributed by atoms with E-state index >= 15 is 0 Å². The van der Waals surface area contributed by atoms with Crippen molar-refractivity contribution >= 4 is 71.5 Å². The fourth-order valence-corrected chi connectivity index (χ4v) is 6.23. The monoisotopic (exact) mass is 528 g/mol. The van der Waals surface area contributed by atoms with E-state index in [-0.39, 0.29) is 6.42 Å². The predicted molar refractivity (Wildman–Crippen MR) is 148 cm³/mol. The van der Waals surface area contributed by atoms with Gasteiger partial charge in [-0.15, -0.1) is 11.3 Å². The number of hydrogen-bond donors (Lipinski definition) is 2. The van der Waals surface area contributed by atoms with Gasteiger partial charge in [-0.25, -0.2) is 15.0 Å². The van der Waals surface area contributed by atoms with Gasteiger partial charge in [0.1, 0.15) is 6.33 Å². The summed E-state index contributed by atoms with van der Waals surface area (Å²) in [5.41, 5.74) is 7.37. The van der Waals surface area contributed by atoms with E-state index < -0.39 is 5.97 Å². The van der Waals surface area contributed by atoms with E-state index in [4.69, 9.17) is 16.7 Å². The molecule has 3 heterocycles. The third-order valence-electron chi connectivity index (χ3n) is 5.73. The summed E-state index contributed by atoms with van der Waals surface area (Å²) in [6.45, 7) is 0. The number of rotatable bonds is 6. The molecule has 0 saturated carbocycles. The fraction of sp³-hybridized carbons (Fsp3) is 0.0370. The Kier molecular flexibility index (Phi) is 5.85. The Labute approximate surface area is 218 Å². The zero-order valence-corrected chi connectivity index (χ0v) is 21.0. The van der Waals surface area contributed by atoms with E-state index in [2.05, 4.69) is 25.6 Å². The number of aliphatic carboxylic acids is 1. The highest BCUT2D eigenvalue weighted by molar-refractivity contribution is 7.22. The minimum atomic E-state index is -0.840. The third-order valence-corrected chi connectivity index (χ3v) is 7.88. The summed E-state index contributed by atoms with van der Waals surface area (Å²) in [6, 6.07) is 21.4. The summed E-state index contributed by atoms with van der Waals surface area (Å²) >= 11 is 9.25. The Balaban J connectivity index is 1.27. The maximum Gasteiger partial charge on any atom is 0.307 e. The summed E-state index contributed by atoms with van der Waals surface area (Å²) in [5, 5.41) is 16.0. The van der Waals surface area contributed by atoms with E-state index in [9.17, 15) is 4.79 Å². The van der Waals surface area contributed by atoms with Gasteiger partial charge in [0.25, 0.3) is 0 Å². The number of nitrogens with one attached hydrogen (secondary N) is 1. The second-order valence-corrected chi connectivity index (χ2v) is 10.5. The molecule has 6 nitrogen and oxygen atoms in total. The molecule has 0 bridgehead atoms. The van der Waals surface area contributed by atoms with Crippen molar-refractivity contribution in [3.05, 3.63) is 89.0 Å². The topological polar surface area (TPSA) is 88.0 Å². The molecule has 0 aliphatic rings. The molecule has 0 aliphatic carbocycles. The smallest absolute Gasteiger partial charge is 0.307 e. The first kappa shape index (κ1) is 22.6. The number of carbonyl (C=O) groups is 1. The van der Waals surface area contributed by atoms with Gasteiger partial charge in [-0.2, -0.15) is 0 Å². The standard InChI is InChI=1S/C27H17ClN4O2S2/c28-18-7-10-21-22(12-18)36-27(32-21)31-19-8-5-17(6-9-19)24-26-25(30-14-29-24)20(13-35-26)16-3-1-15(2-4-16)11-23(33)34/h1-10,12-14H,11H2,(H,31,32)(H,33,34). The Morgan fingerprint density at radius 2 is 1.75 bits per heavy atom. The van der Waals surface area contributed by atoms with Crippen LogP contribution >= 0.6 is 34.3 Å². The lowest BCUT2D eigenvalue weighted by Gasteiger charge is -2.06. The Morgan fingerprint density at radius 1 is 0.972 bits per heavy atom. The Hall–Kier alpha value is -3.85. The molecule has 0 fully saturated rings. The fourth-order valence-electron chi connectivity index (χ4n) is 4.02. The number of nitrogens with zero attached hydrogens (tertiary/aromatic N) is 3. The highest BCUT2D eigenvalue weighted by Crippen LogP contribution is 2.38. The second kappa shape index (κ2) is 9.31. The van der Waals surface area contributed by atoms with Gasteiger partial charge in [-0.05, 0) is 41.5 Å². The Bertz CT molecular complexity index is 1730. The maximum atomic E-state index is 11.0. The van der Waals surface area contributed by atoms with Crippen LogP contribution in [0.25, 0.3) is 42.8 Å². The first-order valence-electron chi connectivity index (χ1n) is 11.0. The molecule has 9 heteroatoms. The first-order valence-corrected chi connectivity index (χ1v) is 13.1. The van der Waals surface area contributed by atoms with Crippen LogP contribution in [-0.4, -0.2) is 26.0 Å². The lowest BCUT2D eigenvalue weighted by atomic mass is 10.0. The second-order valence-electron chi connectivity index (χ2n) is 8.15. The molecule has 0 unspecified atom stereocenters. The van der Waals surface area contributed by atoms with Crippen LogP contribution in [0.1, 0.15) is 5.56 Å². The quantitative estimate of drug-likeness (QED) is 0.231. The van der Waals surface area contributed by atoms with Crippen molar-refractivity contribution in [1.82, 2.24) is 15.0 Å². The first-order chi connectivity index (χ1) is 17.5. The Morgan fingerprint density at radius 3 is 2.53 bits per heavy atom. The lowest BCUT2D eigenvalue weighted by molar-refractivity contribution is -0.136. The van der Waals surface area contributed by atoms with Gasteiger partial charge < -0.3 is 10.4 Å². The van der Waals surface area contributed by atoms with Crippen LogP contribution in [-0.2, 0) is 11.2 Å². The summed E-state index contributed by atoms with van der Waals surface area (Å²) in [4.78, 5) is 24.7.